The molecular weight excluding hydrogens is 126 g/mol. The molecule has 1 heterocycles. The average Bonchev–Trinajstić information content (AvgIpc) is 1.79. The molecule has 6 heteroatoms. The summed E-state index contributed by atoms with van der Waals surface area (Å²) in [6, 6.07) is 0. The highest BCUT2D eigenvalue weighted by molar-refractivity contribution is 4.70. The van der Waals surface area contributed by atoms with E-state index in [1.54, 1.807) is 0 Å². The van der Waals surface area contributed by atoms with E-state index in [4.69, 9.17) is 15.5 Å². The van der Waals surface area contributed by atoms with Crippen LogP contribution in [0.5, 0.6) is 0 Å². The van der Waals surface area contributed by atoms with Crippen molar-refractivity contribution in [1.29, 1.82) is 0 Å². The third kappa shape index (κ3) is 1.02. The highest BCUT2D eigenvalue weighted by Crippen LogP contribution is 2.05. The van der Waals surface area contributed by atoms with E-state index >= 15 is 0 Å². The minimum Gasteiger partial charge on any atom is -0.389 e. The first-order valence-electron chi connectivity index (χ1n) is 2.51. The molecule has 3 N–H and O–H groups in total. The number of aliphatic hydroxyl groups is 1. The summed E-state index contributed by atoms with van der Waals surface area (Å²) in [5.74, 6) is 0. The number of rotatable bonds is 1. The Balaban J connectivity index is 2.32. The van der Waals surface area contributed by atoms with Gasteiger partial charge in [-0.05, 0) is 0 Å². The second-order valence-electron chi connectivity index (χ2n) is 1.88. The summed E-state index contributed by atoms with van der Waals surface area (Å²) >= 11 is 0. The van der Waals surface area contributed by atoms with Crippen LogP contribution in [0.3, 0.4) is 0 Å². The van der Waals surface area contributed by atoms with Gasteiger partial charge in [-0.1, -0.05) is 0 Å². The van der Waals surface area contributed by atoms with Crippen molar-refractivity contribution in [3.8, 4) is 0 Å². The second kappa shape index (κ2) is 2.06. The number of hydrogen-bond acceptors (Lipinski definition) is 2. The maximum Gasteiger partial charge on any atom is 0.271 e. The van der Waals surface area contributed by atoms with Gasteiger partial charge in [-0.15, -0.1) is 5.01 Å². The molecule has 0 spiro atoms. The first-order valence-corrected chi connectivity index (χ1v) is 2.51. The molecule has 52 valence electrons. The van der Waals surface area contributed by atoms with Crippen LogP contribution in [0.2, 0.25) is 0 Å². The van der Waals surface area contributed by atoms with Crippen molar-refractivity contribution in [2.45, 2.75) is 6.10 Å². The Morgan fingerprint density at radius 3 is 2.44 bits per heavy atom. The van der Waals surface area contributed by atoms with E-state index in [-0.39, 0.29) is 0 Å². The van der Waals surface area contributed by atoms with Crippen LogP contribution in [0, 0.1) is 0 Å². The molecule has 0 aromatic heterocycles. The largest absolute Gasteiger partial charge is 0.389 e. The molecular formula is C3H8N3O3+. The van der Waals surface area contributed by atoms with Crippen LogP contribution in [-0.2, 0) is 0 Å². The van der Waals surface area contributed by atoms with E-state index in [2.05, 4.69) is 5.28 Å². The van der Waals surface area contributed by atoms with Gasteiger partial charge in [-0.2, -0.15) is 0 Å². The van der Waals surface area contributed by atoms with Gasteiger partial charge in [0, 0.05) is 0 Å². The van der Waals surface area contributed by atoms with Crippen molar-refractivity contribution in [1.82, 2.24) is 5.01 Å². The van der Waals surface area contributed by atoms with Crippen LogP contribution in [0.25, 0.3) is 0 Å². The van der Waals surface area contributed by atoms with Crippen LogP contribution < -0.4 is 0 Å². The lowest BCUT2D eigenvalue weighted by Crippen LogP contribution is -2.54. The van der Waals surface area contributed by atoms with Crippen LogP contribution in [0.4, 0.5) is 0 Å². The SMILES string of the molecule is O/N=[N+](\O)N1CC(O)C1. The Kier molecular flexibility index (Phi) is 1.39. The van der Waals surface area contributed by atoms with Crippen LogP contribution in [-0.4, -0.2) is 44.7 Å². The Labute approximate surface area is 51.1 Å². The van der Waals surface area contributed by atoms with Crippen LogP contribution in [0.15, 0.2) is 5.28 Å². The van der Waals surface area contributed by atoms with Crippen molar-refractivity contribution < 1.29 is 20.5 Å². The fraction of sp³-hybridized carbons (Fsp3) is 1.00. The summed E-state index contributed by atoms with van der Waals surface area (Å²) in [5, 5.41) is 28.8. The fourth-order valence-electron chi connectivity index (χ4n) is 0.636. The van der Waals surface area contributed by atoms with Gasteiger partial charge in [0.05, 0.1) is 0 Å². The summed E-state index contributed by atoms with van der Waals surface area (Å²) in [4.78, 5) is 0.298. The lowest BCUT2D eigenvalue weighted by Gasteiger charge is -2.25. The Morgan fingerprint density at radius 1 is 1.56 bits per heavy atom. The lowest BCUT2D eigenvalue weighted by atomic mass is 10.2. The quantitative estimate of drug-likeness (QED) is 0.239. The van der Waals surface area contributed by atoms with Crippen molar-refractivity contribution in [3.05, 3.63) is 0 Å². The predicted molar refractivity (Wildman–Crippen MR) is 23.8 cm³/mol. The van der Waals surface area contributed by atoms with Gasteiger partial charge in [0.15, 0.2) is 0 Å². The zero-order chi connectivity index (χ0) is 6.85. The smallest absolute Gasteiger partial charge is 0.271 e. The number of hydrogen-bond donors (Lipinski definition) is 3. The fourth-order valence-corrected chi connectivity index (χ4v) is 0.636. The summed E-state index contributed by atoms with van der Waals surface area (Å²) in [6.07, 6.45) is -0.415. The third-order valence-electron chi connectivity index (χ3n) is 1.18. The Hall–Kier alpha value is -1.04. The molecule has 1 aliphatic rings. The van der Waals surface area contributed by atoms with E-state index in [0.29, 0.717) is 18.1 Å². The summed E-state index contributed by atoms with van der Waals surface area (Å²) < 4.78 is 0. The number of hydrazine groups is 1. The van der Waals surface area contributed by atoms with Gasteiger partial charge in [0.25, 0.3) is 10.2 Å². The monoisotopic (exact) mass is 134 g/mol. The van der Waals surface area contributed by atoms with E-state index < -0.39 is 6.10 Å². The zero-order valence-electron chi connectivity index (χ0n) is 4.67. The predicted octanol–water partition coefficient (Wildman–Crippen LogP) is -1.18. The van der Waals surface area contributed by atoms with Gasteiger partial charge in [0.2, 0.25) is 0 Å². The van der Waals surface area contributed by atoms with Crippen LogP contribution >= 0.6 is 0 Å². The number of nitrogens with zero attached hydrogens (tertiary/aromatic N) is 3. The van der Waals surface area contributed by atoms with Crippen molar-refractivity contribution >= 4 is 0 Å². The van der Waals surface area contributed by atoms with Gasteiger partial charge in [0.1, 0.15) is 19.2 Å². The molecule has 0 atom stereocenters. The molecule has 0 bridgehead atoms. The molecule has 0 unspecified atom stereocenters. The Morgan fingerprint density at radius 2 is 2.11 bits per heavy atom. The number of aliphatic hydroxyl groups excluding tert-OH is 1. The first kappa shape index (κ1) is 6.09. The van der Waals surface area contributed by atoms with Crippen molar-refractivity contribution in [3.63, 3.8) is 0 Å². The minimum absolute atomic E-state index is 0.298. The highest BCUT2D eigenvalue weighted by Gasteiger charge is 2.34. The highest BCUT2D eigenvalue weighted by atomic mass is 16.6. The molecule has 1 aliphatic heterocycles. The summed E-state index contributed by atoms with van der Waals surface area (Å²) in [5.41, 5.74) is 0. The van der Waals surface area contributed by atoms with Crippen molar-refractivity contribution in [2.24, 2.45) is 5.28 Å². The van der Waals surface area contributed by atoms with E-state index in [0.717, 1.165) is 0 Å². The lowest BCUT2D eigenvalue weighted by molar-refractivity contribution is -0.949. The molecule has 0 saturated carbocycles. The standard InChI is InChI=1S/C3H7N3O3/c7-3-1-5(2-3)6(9)4-8/h3,7,9H,1-2H2/p+1. The van der Waals surface area contributed by atoms with Gasteiger partial charge >= 0.3 is 0 Å². The third-order valence-corrected chi connectivity index (χ3v) is 1.18. The average molecular weight is 134 g/mol. The normalized spacial score (nSPS) is 21.9. The molecule has 6 nitrogen and oxygen atoms in total. The maximum atomic E-state index is 8.66. The molecule has 1 rings (SSSR count). The molecule has 0 aliphatic carbocycles. The maximum absolute atomic E-state index is 8.66. The second-order valence-corrected chi connectivity index (χ2v) is 1.88. The number of β-amino-alcohol motifs (C(OH)–C–C–N with tert-alkyl or cyclic N) is 1. The first-order chi connectivity index (χ1) is 4.24. The van der Waals surface area contributed by atoms with Crippen LogP contribution in [0.1, 0.15) is 0 Å². The molecule has 1 fully saturated rings. The molecule has 0 aromatic carbocycles. The summed E-state index contributed by atoms with van der Waals surface area (Å²) in [6.45, 7) is 0.612. The van der Waals surface area contributed by atoms with E-state index in [1.165, 1.54) is 5.01 Å². The molecule has 0 radical (unpaired) electrons. The molecule has 0 aromatic rings. The van der Waals surface area contributed by atoms with Crippen molar-refractivity contribution in [2.75, 3.05) is 13.1 Å². The minimum atomic E-state index is -0.415. The zero-order valence-corrected chi connectivity index (χ0v) is 4.67. The summed E-state index contributed by atoms with van der Waals surface area (Å²) in [7, 11) is 0. The van der Waals surface area contributed by atoms with Gasteiger partial charge < -0.3 is 10.3 Å². The Bertz CT molecular complexity index is 130. The van der Waals surface area contributed by atoms with E-state index in [9.17, 15) is 0 Å². The van der Waals surface area contributed by atoms with Gasteiger partial charge in [-0.25, -0.2) is 5.21 Å². The van der Waals surface area contributed by atoms with E-state index in [1.807, 2.05) is 0 Å². The molecule has 1 saturated heterocycles. The van der Waals surface area contributed by atoms with Gasteiger partial charge in [-0.3, -0.25) is 0 Å². The topological polar surface area (TPSA) is 79.3 Å². The molecule has 9 heavy (non-hydrogen) atoms. The molecule has 0 amide bonds.